The highest BCUT2D eigenvalue weighted by Crippen LogP contribution is 2.30. The Kier molecular flexibility index (Phi) is 3.19. The van der Waals surface area contributed by atoms with Crippen LogP contribution in [0.25, 0.3) is 0 Å². The minimum Gasteiger partial charge on any atom is -0.384 e. The number of fused-ring (bicyclic) bond motifs is 2. The molecule has 0 saturated carbocycles. The van der Waals surface area contributed by atoms with Crippen LogP contribution in [0.15, 0.2) is 24.3 Å². The molecule has 0 radical (unpaired) electrons. The van der Waals surface area contributed by atoms with Crippen LogP contribution in [0.1, 0.15) is 37.7 Å². The number of carbonyl (C=O) groups is 1. The third kappa shape index (κ3) is 2.44. The molecule has 1 aliphatic carbocycles. The lowest BCUT2D eigenvalue weighted by atomic mass is 10.1. The molecule has 0 unspecified atom stereocenters. The lowest BCUT2D eigenvalue weighted by molar-refractivity contribution is 0.0951. The molecular formula is C17H18N2OS. The molecule has 3 nitrogen and oxygen atoms in total. The maximum atomic E-state index is 12.3. The van der Waals surface area contributed by atoms with Crippen molar-refractivity contribution in [3.63, 3.8) is 0 Å². The highest BCUT2D eigenvalue weighted by Gasteiger charge is 2.16. The van der Waals surface area contributed by atoms with Crippen LogP contribution in [0.3, 0.4) is 0 Å². The number of nitrogens with one attached hydrogen (secondary N) is 2. The van der Waals surface area contributed by atoms with E-state index in [9.17, 15) is 4.79 Å². The van der Waals surface area contributed by atoms with E-state index < -0.39 is 0 Å². The van der Waals surface area contributed by atoms with Gasteiger partial charge < -0.3 is 10.6 Å². The van der Waals surface area contributed by atoms with Crippen LogP contribution in [0.4, 0.5) is 5.69 Å². The first-order chi connectivity index (χ1) is 10.3. The SMILES string of the molecule is O=C(NCc1cc2c(s1)CCC2)c1ccc2c(c1)CCN2. The third-order valence-electron chi connectivity index (χ3n) is 4.30. The Bertz CT molecular complexity index is 683. The molecule has 0 bridgehead atoms. The van der Waals surface area contributed by atoms with E-state index >= 15 is 0 Å². The van der Waals surface area contributed by atoms with Gasteiger partial charge in [-0.3, -0.25) is 4.79 Å². The Hall–Kier alpha value is -1.81. The summed E-state index contributed by atoms with van der Waals surface area (Å²) in [6, 6.07) is 8.19. The summed E-state index contributed by atoms with van der Waals surface area (Å²) in [5.41, 5.74) is 4.67. The highest BCUT2D eigenvalue weighted by molar-refractivity contribution is 7.12. The smallest absolute Gasteiger partial charge is 0.251 e. The molecule has 2 N–H and O–H groups in total. The quantitative estimate of drug-likeness (QED) is 0.914. The van der Waals surface area contributed by atoms with Crippen LogP contribution in [-0.2, 0) is 25.8 Å². The van der Waals surface area contributed by atoms with E-state index in [0.717, 1.165) is 18.5 Å². The zero-order chi connectivity index (χ0) is 14.2. The van der Waals surface area contributed by atoms with Crippen molar-refractivity contribution >= 4 is 22.9 Å². The minimum atomic E-state index is 0.0262. The van der Waals surface area contributed by atoms with Crippen molar-refractivity contribution in [2.45, 2.75) is 32.2 Å². The number of benzene rings is 1. The molecule has 1 aromatic carbocycles. The fourth-order valence-electron chi connectivity index (χ4n) is 3.19. The van der Waals surface area contributed by atoms with Gasteiger partial charge >= 0.3 is 0 Å². The average Bonchev–Trinajstić information content (AvgIpc) is 3.18. The van der Waals surface area contributed by atoms with Gasteiger partial charge in [0.2, 0.25) is 0 Å². The first-order valence-corrected chi connectivity index (χ1v) is 8.37. The van der Waals surface area contributed by atoms with Gasteiger partial charge in [-0.15, -0.1) is 11.3 Å². The molecule has 2 heterocycles. The topological polar surface area (TPSA) is 41.1 Å². The Labute approximate surface area is 128 Å². The fourth-order valence-corrected chi connectivity index (χ4v) is 4.39. The molecule has 0 spiro atoms. The van der Waals surface area contributed by atoms with E-state index in [4.69, 9.17) is 0 Å². The number of hydrogen-bond donors (Lipinski definition) is 2. The van der Waals surface area contributed by atoms with E-state index in [1.807, 2.05) is 29.5 Å². The second-order valence-electron chi connectivity index (χ2n) is 5.75. The first-order valence-electron chi connectivity index (χ1n) is 7.55. The normalized spacial score (nSPS) is 15.4. The molecule has 4 heteroatoms. The Balaban J connectivity index is 1.43. The van der Waals surface area contributed by atoms with Crippen molar-refractivity contribution in [1.29, 1.82) is 0 Å². The van der Waals surface area contributed by atoms with Crippen molar-refractivity contribution in [2.75, 3.05) is 11.9 Å². The lowest BCUT2D eigenvalue weighted by Gasteiger charge is -2.06. The number of amides is 1. The molecule has 1 aromatic heterocycles. The van der Waals surface area contributed by atoms with Gasteiger partial charge in [0.25, 0.3) is 5.91 Å². The van der Waals surface area contributed by atoms with Crippen LogP contribution >= 0.6 is 11.3 Å². The second kappa shape index (κ2) is 5.19. The maximum absolute atomic E-state index is 12.3. The molecule has 2 aromatic rings. The average molecular weight is 298 g/mol. The van der Waals surface area contributed by atoms with Crippen molar-refractivity contribution < 1.29 is 4.79 Å². The monoisotopic (exact) mass is 298 g/mol. The van der Waals surface area contributed by atoms with Crippen LogP contribution in [0.5, 0.6) is 0 Å². The largest absolute Gasteiger partial charge is 0.384 e. The molecule has 4 rings (SSSR count). The summed E-state index contributed by atoms with van der Waals surface area (Å²) >= 11 is 1.85. The first kappa shape index (κ1) is 12.9. The molecule has 0 atom stereocenters. The van der Waals surface area contributed by atoms with Crippen molar-refractivity contribution in [3.05, 3.63) is 50.7 Å². The van der Waals surface area contributed by atoms with Crippen molar-refractivity contribution in [1.82, 2.24) is 5.32 Å². The summed E-state index contributed by atoms with van der Waals surface area (Å²) in [5.74, 6) is 0.0262. The lowest BCUT2D eigenvalue weighted by Crippen LogP contribution is -2.22. The molecule has 1 aliphatic heterocycles. The van der Waals surface area contributed by atoms with Crippen LogP contribution in [-0.4, -0.2) is 12.5 Å². The fraction of sp³-hybridized carbons (Fsp3) is 0.353. The van der Waals surface area contributed by atoms with Crippen molar-refractivity contribution in [2.24, 2.45) is 0 Å². The van der Waals surface area contributed by atoms with Crippen LogP contribution < -0.4 is 10.6 Å². The van der Waals surface area contributed by atoms with Gasteiger partial charge in [0.15, 0.2) is 0 Å². The Morgan fingerprint density at radius 1 is 1.19 bits per heavy atom. The Morgan fingerprint density at radius 3 is 3.05 bits per heavy atom. The van der Waals surface area contributed by atoms with E-state index in [2.05, 4.69) is 16.7 Å². The summed E-state index contributed by atoms with van der Waals surface area (Å²) < 4.78 is 0. The van der Waals surface area contributed by atoms with Crippen molar-refractivity contribution in [3.8, 4) is 0 Å². The molecule has 108 valence electrons. The molecular weight excluding hydrogens is 280 g/mol. The van der Waals surface area contributed by atoms with Crippen LogP contribution in [0, 0.1) is 0 Å². The van der Waals surface area contributed by atoms with Gasteiger partial charge in [-0.05, 0) is 61.1 Å². The van der Waals surface area contributed by atoms with Gasteiger partial charge in [0.1, 0.15) is 0 Å². The summed E-state index contributed by atoms with van der Waals surface area (Å²) in [7, 11) is 0. The van der Waals surface area contributed by atoms with Gasteiger partial charge in [0, 0.05) is 27.5 Å². The zero-order valence-electron chi connectivity index (χ0n) is 11.9. The number of thiophene rings is 1. The minimum absolute atomic E-state index is 0.0262. The number of hydrogen-bond acceptors (Lipinski definition) is 3. The second-order valence-corrected chi connectivity index (χ2v) is 6.97. The Morgan fingerprint density at radius 2 is 2.14 bits per heavy atom. The summed E-state index contributed by atoms with van der Waals surface area (Å²) in [6.45, 7) is 1.62. The van der Waals surface area contributed by atoms with Gasteiger partial charge in [-0.25, -0.2) is 0 Å². The van der Waals surface area contributed by atoms with E-state index in [0.29, 0.717) is 6.54 Å². The van der Waals surface area contributed by atoms with Gasteiger partial charge in [-0.2, -0.15) is 0 Å². The molecule has 2 aliphatic rings. The molecule has 0 saturated heterocycles. The number of anilines is 1. The maximum Gasteiger partial charge on any atom is 0.251 e. The van der Waals surface area contributed by atoms with E-state index in [-0.39, 0.29) is 5.91 Å². The summed E-state index contributed by atoms with van der Waals surface area (Å²) in [4.78, 5) is 15.1. The number of carbonyl (C=O) groups excluding carboxylic acids is 1. The number of rotatable bonds is 3. The molecule has 0 fully saturated rings. The summed E-state index contributed by atoms with van der Waals surface area (Å²) in [5, 5.41) is 6.36. The number of aryl methyl sites for hydroxylation is 2. The van der Waals surface area contributed by atoms with Crippen LogP contribution in [0.2, 0.25) is 0 Å². The predicted octanol–water partition coefficient (Wildman–Crippen LogP) is 3.13. The predicted molar refractivity (Wildman–Crippen MR) is 86.1 cm³/mol. The van der Waals surface area contributed by atoms with E-state index in [1.165, 1.54) is 45.8 Å². The van der Waals surface area contributed by atoms with E-state index in [1.54, 1.807) is 0 Å². The molecule has 21 heavy (non-hydrogen) atoms. The molecule has 1 amide bonds. The zero-order valence-corrected chi connectivity index (χ0v) is 12.7. The van der Waals surface area contributed by atoms with Gasteiger partial charge in [-0.1, -0.05) is 0 Å². The summed E-state index contributed by atoms with van der Waals surface area (Å²) in [6.07, 6.45) is 4.72. The standard InChI is InChI=1S/C17H18N2OS/c20-17(13-4-5-15-11(8-13)6-7-18-15)19-10-14-9-12-2-1-3-16(12)21-14/h4-5,8-9,18H,1-3,6-7,10H2,(H,19,20). The van der Waals surface area contributed by atoms with Gasteiger partial charge in [0.05, 0.1) is 6.54 Å². The highest BCUT2D eigenvalue weighted by atomic mass is 32.1. The third-order valence-corrected chi connectivity index (χ3v) is 5.54.